The van der Waals surface area contributed by atoms with Gasteiger partial charge >= 0.3 is 0 Å². The van der Waals surface area contributed by atoms with E-state index in [0.29, 0.717) is 29.9 Å². The Hall–Kier alpha value is -3.24. The monoisotopic (exact) mass is 356 g/mol. The SMILES string of the molecule is COCCn1c(-c2ccc(-c3ccccc3)cc2)nc2ccccc2c1=O. The molecule has 0 radical (unpaired) electrons. The van der Waals surface area contributed by atoms with E-state index < -0.39 is 0 Å². The highest BCUT2D eigenvalue weighted by Gasteiger charge is 2.12. The third-order valence-electron chi connectivity index (χ3n) is 4.63. The lowest BCUT2D eigenvalue weighted by Crippen LogP contribution is -2.25. The standard InChI is InChI=1S/C23H20N2O2/c1-27-16-15-25-22(24-21-10-6-5-9-20(21)23(25)26)19-13-11-18(12-14-19)17-7-3-2-4-8-17/h2-14H,15-16H2,1H3. The maximum atomic E-state index is 13.0. The summed E-state index contributed by atoms with van der Waals surface area (Å²) in [5, 5.41) is 0.623. The minimum Gasteiger partial charge on any atom is -0.383 e. The van der Waals surface area contributed by atoms with Crippen LogP contribution < -0.4 is 5.56 Å². The van der Waals surface area contributed by atoms with Crippen molar-refractivity contribution in [2.75, 3.05) is 13.7 Å². The van der Waals surface area contributed by atoms with Gasteiger partial charge in [0, 0.05) is 12.7 Å². The Bertz CT molecular complexity index is 1120. The summed E-state index contributed by atoms with van der Waals surface area (Å²) in [5.74, 6) is 0.662. The van der Waals surface area contributed by atoms with Crippen molar-refractivity contribution in [2.24, 2.45) is 0 Å². The van der Waals surface area contributed by atoms with Gasteiger partial charge in [-0.3, -0.25) is 9.36 Å². The van der Waals surface area contributed by atoms with E-state index in [0.717, 1.165) is 16.7 Å². The van der Waals surface area contributed by atoms with Gasteiger partial charge in [0.25, 0.3) is 5.56 Å². The van der Waals surface area contributed by atoms with Crippen molar-refractivity contribution in [3.63, 3.8) is 0 Å². The van der Waals surface area contributed by atoms with Gasteiger partial charge in [0.1, 0.15) is 5.82 Å². The van der Waals surface area contributed by atoms with Crippen LogP contribution in [0.3, 0.4) is 0 Å². The molecular formula is C23H20N2O2. The van der Waals surface area contributed by atoms with Crippen LogP contribution in [-0.4, -0.2) is 23.3 Å². The summed E-state index contributed by atoms with van der Waals surface area (Å²) in [6.45, 7) is 0.915. The predicted octanol–water partition coefficient (Wildman–Crippen LogP) is 4.38. The van der Waals surface area contributed by atoms with Crippen LogP contribution in [0.5, 0.6) is 0 Å². The second kappa shape index (κ2) is 7.56. The number of ether oxygens (including phenoxy) is 1. The molecule has 27 heavy (non-hydrogen) atoms. The molecule has 0 amide bonds. The second-order valence-electron chi connectivity index (χ2n) is 6.35. The molecule has 0 atom stereocenters. The summed E-state index contributed by atoms with van der Waals surface area (Å²) in [6.07, 6.45) is 0. The number of nitrogens with zero attached hydrogens (tertiary/aromatic N) is 2. The quantitative estimate of drug-likeness (QED) is 0.533. The molecule has 1 aromatic heterocycles. The lowest BCUT2D eigenvalue weighted by Gasteiger charge is -2.14. The Morgan fingerprint density at radius 1 is 0.815 bits per heavy atom. The third-order valence-corrected chi connectivity index (χ3v) is 4.63. The van der Waals surface area contributed by atoms with E-state index >= 15 is 0 Å². The average molecular weight is 356 g/mol. The van der Waals surface area contributed by atoms with E-state index in [4.69, 9.17) is 9.72 Å². The second-order valence-corrected chi connectivity index (χ2v) is 6.35. The molecule has 0 aliphatic rings. The van der Waals surface area contributed by atoms with Crippen LogP contribution in [0.1, 0.15) is 0 Å². The molecule has 4 aromatic rings. The molecular weight excluding hydrogens is 336 g/mol. The normalized spacial score (nSPS) is 11.0. The van der Waals surface area contributed by atoms with Crippen molar-refractivity contribution in [3.05, 3.63) is 89.2 Å². The van der Waals surface area contributed by atoms with E-state index in [1.54, 1.807) is 11.7 Å². The highest BCUT2D eigenvalue weighted by Crippen LogP contribution is 2.24. The molecule has 0 fully saturated rings. The number of hydrogen-bond donors (Lipinski definition) is 0. The van der Waals surface area contributed by atoms with Crippen molar-refractivity contribution in [1.82, 2.24) is 9.55 Å². The maximum Gasteiger partial charge on any atom is 0.261 e. The van der Waals surface area contributed by atoms with Crippen LogP contribution in [0.25, 0.3) is 33.4 Å². The molecule has 0 saturated carbocycles. The van der Waals surface area contributed by atoms with Gasteiger partial charge in [0.2, 0.25) is 0 Å². The highest BCUT2D eigenvalue weighted by molar-refractivity contribution is 5.80. The first-order valence-corrected chi connectivity index (χ1v) is 8.92. The van der Waals surface area contributed by atoms with Gasteiger partial charge in [-0.05, 0) is 23.3 Å². The molecule has 0 unspecified atom stereocenters. The lowest BCUT2D eigenvalue weighted by atomic mass is 10.0. The molecule has 1 heterocycles. The Morgan fingerprint density at radius 2 is 1.44 bits per heavy atom. The Balaban J connectivity index is 1.83. The van der Waals surface area contributed by atoms with E-state index in [1.807, 2.05) is 54.6 Å². The molecule has 0 saturated heterocycles. The number of methoxy groups -OCH3 is 1. The molecule has 0 bridgehead atoms. The summed E-state index contributed by atoms with van der Waals surface area (Å²) >= 11 is 0. The number of fused-ring (bicyclic) bond motifs is 1. The molecule has 134 valence electrons. The summed E-state index contributed by atoms with van der Waals surface area (Å²) in [7, 11) is 1.63. The number of benzene rings is 3. The first-order chi connectivity index (χ1) is 13.3. The Labute approximate surface area is 157 Å². The number of rotatable bonds is 5. The molecule has 4 heteroatoms. The lowest BCUT2D eigenvalue weighted by molar-refractivity contribution is 0.186. The third kappa shape index (κ3) is 3.39. The summed E-state index contributed by atoms with van der Waals surface area (Å²) in [6, 6.07) is 25.8. The molecule has 4 nitrogen and oxygen atoms in total. The van der Waals surface area contributed by atoms with E-state index in [2.05, 4.69) is 24.3 Å². The first kappa shape index (κ1) is 17.2. The Kier molecular flexibility index (Phi) is 4.81. The molecule has 0 spiro atoms. The van der Waals surface area contributed by atoms with E-state index in [9.17, 15) is 4.79 Å². The fourth-order valence-corrected chi connectivity index (χ4v) is 3.22. The van der Waals surface area contributed by atoms with Gasteiger partial charge in [0.15, 0.2) is 0 Å². The van der Waals surface area contributed by atoms with Crippen LogP contribution in [0.4, 0.5) is 0 Å². The van der Waals surface area contributed by atoms with Gasteiger partial charge < -0.3 is 4.74 Å². The summed E-state index contributed by atoms with van der Waals surface area (Å²) in [5.41, 5.74) is 3.87. The van der Waals surface area contributed by atoms with Crippen LogP contribution in [0.2, 0.25) is 0 Å². The predicted molar refractivity (Wildman–Crippen MR) is 109 cm³/mol. The summed E-state index contributed by atoms with van der Waals surface area (Å²) < 4.78 is 6.89. The molecule has 0 aliphatic carbocycles. The highest BCUT2D eigenvalue weighted by atomic mass is 16.5. The Morgan fingerprint density at radius 3 is 2.19 bits per heavy atom. The fourth-order valence-electron chi connectivity index (χ4n) is 3.22. The first-order valence-electron chi connectivity index (χ1n) is 8.92. The largest absolute Gasteiger partial charge is 0.383 e. The minimum atomic E-state index is -0.0419. The van der Waals surface area contributed by atoms with Gasteiger partial charge in [-0.1, -0.05) is 66.7 Å². The minimum absolute atomic E-state index is 0.0419. The van der Waals surface area contributed by atoms with Crippen LogP contribution in [0, 0.1) is 0 Å². The van der Waals surface area contributed by atoms with Crippen molar-refractivity contribution < 1.29 is 4.74 Å². The van der Waals surface area contributed by atoms with Crippen molar-refractivity contribution in [2.45, 2.75) is 6.54 Å². The van der Waals surface area contributed by atoms with Gasteiger partial charge in [-0.25, -0.2) is 4.98 Å². The average Bonchev–Trinajstić information content (AvgIpc) is 2.74. The van der Waals surface area contributed by atoms with E-state index in [-0.39, 0.29) is 5.56 Å². The number of para-hydroxylation sites is 1. The topological polar surface area (TPSA) is 44.1 Å². The zero-order valence-corrected chi connectivity index (χ0v) is 15.1. The van der Waals surface area contributed by atoms with Gasteiger partial charge in [-0.2, -0.15) is 0 Å². The van der Waals surface area contributed by atoms with Crippen LogP contribution in [-0.2, 0) is 11.3 Å². The maximum absolute atomic E-state index is 13.0. The molecule has 0 aliphatic heterocycles. The smallest absolute Gasteiger partial charge is 0.261 e. The number of aromatic nitrogens is 2. The summed E-state index contributed by atoms with van der Waals surface area (Å²) in [4.78, 5) is 17.8. The zero-order chi connectivity index (χ0) is 18.6. The molecule has 0 N–H and O–H groups in total. The van der Waals surface area contributed by atoms with Crippen molar-refractivity contribution >= 4 is 10.9 Å². The molecule has 4 rings (SSSR count). The van der Waals surface area contributed by atoms with Crippen molar-refractivity contribution in [1.29, 1.82) is 0 Å². The van der Waals surface area contributed by atoms with Gasteiger partial charge in [-0.15, -0.1) is 0 Å². The molecule has 3 aromatic carbocycles. The van der Waals surface area contributed by atoms with Crippen LogP contribution >= 0.6 is 0 Å². The number of hydrogen-bond acceptors (Lipinski definition) is 3. The zero-order valence-electron chi connectivity index (χ0n) is 15.1. The van der Waals surface area contributed by atoms with E-state index in [1.165, 1.54) is 0 Å². The fraction of sp³-hybridized carbons (Fsp3) is 0.130. The van der Waals surface area contributed by atoms with Crippen molar-refractivity contribution in [3.8, 4) is 22.5 Å². The van der Waals surface area contributed by atoms with Crippen LogP contribution in [0.15, 0.2) is 83.7 Å². The van der Waals surface area contributed by atoms with Gasteiger partial charge in [0.05, 0.1) is 24.1 Å².